The van der Waals surface area contributed by atoms with Crippen molar-refractivity contribution in [1.82, 2.24) is 0 Å². The second kappa shape index (κ2) is 10.9. The SMILES string of the molecule is CCCCCCCCC=CC(C=O)=C(Cl)c1cccs1. The van der Waals surface area contributed by atoms with Crippen LogP contribution in [0.5, 0.6) is 0 Å². The van der Waals surface area contributed by atoms with Crippen molar-refractivity contribution < 1.29 is 4.79 Å². The molecule has 0 bridgehead atoms. The minimum atomic E-state index is 0.550. The zero-order valence-corrected chi connectivity index (χ0v) is 13.7. The molecule has 1 rings (SSSR count). The molecule has 0 amide bonds. The van der Waals surface area contributed by atoms with Gasteiger partial charge in [-0.2, -0.15) is 0 Å². The Balaban J connectivity index is 2.35. The number of hydrogen-bond donors (Lipinski definition) is 0. The molecule has 1 aromatic rings. The van der Waals surface area contributed by atoms with Crippen LogP contribution in [0.25, 0.3) is 5.03 Å². The van der Waals surface area contributed by atoms with Gasteiger partial charge in [-0.15, -0.1) is 11.3 Å². The van der Waals surface area contributed by atoms with Crippen molar-refractivity contribution in [3.8, 4) is 0 Å². The summed E-state index contributed by atoms with van der Waals surface area (Å²) in [5.41, 5.74) is 0.570. The number of carbonyl (C=O) groups is 1. The Kier molecular flexibility index (Phi) is 9.35. The molecule has 0 saturated heterocycles. The third-order valence-corrected chi connectivity index (χ3v) is 4.56. The van der Waals surface area contributed by atoms with E-state index in [-0.39, 0.29) is 0 Å². The Morgan fingerprint density at radius 2 is 2.00 bits per heavy atom. The van der Waals surface area contributed by atoms with Crippen molar-refractivity contribution in [2.75, 3.05) is 0 Å². The van der Waals surface area contributed by atoms with Crippen molar-refractivity contribution in [2.45, 2.75) is 51.9 Å². The molecule has 0 radical (unpaired) electrons. The van der Waals surface area contributed by atoms with Gasteiger partial charge in [0, 0.05) is 10.5 Å². The smallest absolute Gasteiger partial charge is 0.151 e. The molecule has 0 aliphatic rings. The molecule has 0 spiro atoms. The predicted octanol–water partition coefficient (Wildman–Crippen LogP) is 6.20. The van der Waals surface area contributed by atoms with Crippen molar-refractivity contribution >= 4 is 34.3 Å². The van der Waals surface area contributed by atoms with E-state index in [1.54, 1.807) is 11.3 Å². The summed E-state index contributed by atoms with van der Waals surface area (Å²) in [7, 11) is 0. The highest BCUT2D eigenvalue weighted by molar-refractivity contribution is 7.12. The summed E-state index contributed by atoms with van der Waals surface area (Å²) < 4.78 is 0. The number of rotatable bonds is 10. The molecule has 0 fully saturated rings. The summed E-state index contributed by atoms with van der Waals surface area (Å²) in [6.07, 6.45) is 13.5. The van der Waals surface area contributed by atoms with Gasteiger partial charge in [0.15, 0.2) is 6.29 Å². The molecule has 0 unspecified atom stereocenters. The van der Waals surface area contributed by atoms with Crippen LogP contribution in [0, 0.1) is 0 Å². The van der Waals surface area contributed by atoms with Gasteiger partial charge in [0.1, 0.15) is 0 Å². The summed E-state index contributed by atoms with van der Waals surface area (Å²) >= 11 is 7.77. The molecular weight excluding hydrogens is 288 g/mol. The first-order chi connectivity index (χ1) is 9.79. The Morgan fingerprint density at radius 3 is 2.65 bits per heavy atom. The molecule has 1 aromatic heterocycles. The number of carbonyl (C=O) groups excluding carboxylic acids is 1. The fourth-order valence-corrected chi connectivity index (χ4v) is 2.95. The summed E-state index contributed by atoms with van der Waals surface area (Å²) in [6, 6.07) is 3.86. The lowest BCUT2D eigenvalue weighted by atomic mass is 10.1. The number of halogens is 1. The average Bonchev–Trinajstić information content (AvgIpc) is 2.99. The normalized spacial score (nSPS) is 12.7. The summed E-state index contributed by atoms with van der Waals surface area (Å²) in [5.74, 6) is 0. The van der Waals surface area contributed by atoms with Gasteiger partial charge in [-0.05, 0) is 24.3 Å². The quantitative estimate of drug-likeness (QED) is 0.217. The Labute approximate surface area is 131 Å². The van der Waals surface area contributed by atoms with Crippen LogP contribution < -0.4 is 0 Å². The number of unbranched alkanes of at least 4 members (excludes halogenated alkanes) is 6. The molecule has 0 N–H and O–H groups in total. The van der Waals surface area contributed by atoms with Gasteiger partial charge < -0.3 is 0 Å². The summed E-state index contributed by atoms with van der Waals surface area (Å²) in [6.45, 7) is 2.23. The monoisotopic (exact) mass is 310 g/mol. The van der Waals surface area contributed by atoms with Gasteiger partial charge in [-0.25, -0.2) is 0 Å². The molecule has 1 heterocycles. The maximum absolute atomic E-state index is 11.1. The van der Waals surface area contributed by atoms with Crippen LogP contribution in [-0.4, -0.2) is 6.29 Å². The summed E-state index contributed by atoms with van der Waals surface area (Å²) in [5, 5.41) is 2.51. The van der Waals surface area contributed by atoms with E-state index in [4.69, 9.17) is 11.6 Å². The van der Waals surface area contributed by atoms with Crippen LogP contribution in [-0.2, 0) is 4.79 Å². The van der Waals surface area contributed by atoms with E-state index in [9.17, 15) is 4.79 Å². The molecule has 0 atom stereocenters. The van der Waals surface area contributed by atoms with Crippen LogP contribution in [0.4, 0.5) is 0 Å². The fraction of sp³-hybridized carbons (Fsp3) is 0.471. The van der Waals surface area contributed by atoms with Gasteiger partial charge in [0.25, 0.3) is 0 Å². The van der Waals surface area contributed by atoms with E-state index in [2.05, 4.69) is 13.0 Å². The molecule has 0 aromatic carbocycles. The largest absolute Gasteiger partial charge is 0.298 e. The first-order valence-electron chi connectivity index (χ1n) is 7.35. The third kappa shape index (κ3) is 6.53. The third-order valence-electron chi connectivity index (χ3n) is 3.14. The van der Waals surface area contributed by atoms with Gasteiger partial charge in [-0.3, -0.25) is 4.79 Å². The minimum absolute atomic E-state index is 0.550. The Bertz CT molecular complexity index is 432. The Hall–Kier alpha value is -0.860. The minimum Gasteiger partial charge on any atom is -0.298 e. The number of allylic oxidation sites excluding steroid dienone is 3. The lowest BCUT2D eigenvalue weighted by Gasteiger charge is -1.99. The first-order valence-corrected chi connectivity index (χ1v) is 8.60. The highest BCUT2D eigenvalue weighted by Crippen LogP contribution is 2.27. The van der Waals surface area contributed by atoms with E-state index in [1.807, 2.05) is 23.6 Å². The van der Waals surface area contributed by atoms with Gasteiger partial charge in [0.05, 0.1) is 5.03 Å². The van der Waals surface area contributed by atoms with Gasteiger partial charge in [-0.1, -0.05) is 68.8 Å². The van der Waals surface area contributed by atoms with Crippen LogP contribution >= 0.6 is 22.9 Å². The zero-order chi connectivity index (χ0) is 14.6. The van der Waals surface area contributed by atoms with E-state index >= 15 is 0 Å². The van der Waals surface area contributed by atoms with Crippen molar-refractivity contribution in [3.05, 3.63) is 40.1 Å². The van der Waals surface area contributed by atoms with E-state index < -0.39 is 0 Å². The zero-order valence-electron chi connectivity index (χ0n) is 12.1. The molecule has 0 saturated carbocycles. The second-order valence-electron chi connectivity index (χ2n) is 4.82. The molecule has 0 aliphatic carbocycles. The molecule has 110 valence electrons. The molecular formula is C17H23ClOS. The maximum atomic E-state index is 11.1. The van der Waals surface area contributed by atoms with Crippen LogP contribution in [0.3, 0.4) is 0 Å². The lowest BCUT2D eigenvalue weighted by Crippen LogP contribution is -1.84. The van der Waals surface area contributed by atoms with Gasteiger partial charge in [0.2, 0.25) is 0 Å². The number of thiophene rings is 1. The molecule has 0 aliphatic heterocycles. The lowest BCUT2D eigenvalue weighted by molar-refractivity contribution is -0.104. The van der Waals surface area contributed by atoms with E-state index in [1.165, 1.54) is 38.5 Å². The maximum Gasteiger partial charge on any atom is 0.151 e. The molecule has 20 heavy (non-hydrogen) atoms. The van der Waals surface area contributed by atoms with Crippen molar-refractivity contribution in [2.24, 2.45) is 0 Å². The second-order valence-corrected chi connectivity index (χ2v) is 6.15. The summed E-state index contributed by atoms with van der Waals surface area (Å²) in [4.78, 5) is 12.0. The highest BCUT2D eigenvalue weighted by atomic mass is 35.5. The Morgan fingerprint density at radius 1 is 1.25 bits per heavy atom. The first kappa shape index (κ1) is 17.2. The average molecular weight is 311 g/mol. The topological polar surface area (TPSA) is 17.1 Å². The van der Waals surface area contributed by atoms with Crippen molar-refractivity contribution in [3.63, 3.8) is 0 Å². The molecule has 3 heteroatoms. The fourth-order valence-electron chi connectivity index (χ4n) is 1.96. The standard InChI is InChI=1S/C17H23ClOS/c1-2-3-4-5-6-7-8-9-11-15(14-19)17(18)16-12-10-13-20-16/h9-14H,2-8H2,1H3. The van der Waals surface area contributed by atoms with Crippen LogP contribution in [0.2, 0.25) is 0 Å². The van der Waals surface area contributed by atoms with E-state index in [0.29, 0.717) is 10.6 Å². The molecule has 1 nitrogen and oxygen atoms in total. The number of aldehydes is 1. The van der Waals surface area contributed by atoms with Crippen molar-refractivity contribution in [1.29, 1.82) is 0 Å². The van der Waals surface area contributed by atoms with E-state index in [0.717, 1.165) is 17.6 Å². The van der Waals surface area contributed by atoms with Crippen LogP contribution in [0.15, 0.2) is 35.2 Å². The van der Waals surface area contributed by atoms with Crippen LogP contribution in [0.1, 0.15) is 56.7 Å². The predicted molar refractivity (Wildman–Crippen MR) is 90.3 cm³/mol. The highest BCUT2D eigenvalue weighted by Gasteiger charge is 2.04. The van der Waals surface area contributed by atoms with Gasteiger partial charge >= 0.3 is 0 Å². The number of hydrogen-bond acceptors (Lipinski definition) is 2.